The minimum Gasteiger partial charge on any atom is -0.391 e. The average Bonchev–Trinajstić information content (AvgIpc) is 2.55. The van der Waals surface area contributed by atoms with Gasteiger partial charge in [0.15, 0.2) is 0 Å². The van der Waals surface area contributed by atoms with Crippen molar-refractivity contribution in [2.75, 3.05) is 50.1 Å². The van der Waals surface area contributed by atoms with Crippen LogP contribution in [0.2, 0.25) is 0 Å². The molecule has 6 nitrogen and oxygen atoms in total. The van der Waals surface area contributed by atoms with Crippen molar-refractivity contribution in [2.24, 2.45) is 0 Å². The van der Waals surface area contributed by atoms with E-state index in [2.05, 4.69) is 25.8 Å². The van der Waals surface area contributed by atoms with Crippen molar-refractivity contribution in [3.8, 4) is 0 Å². The molecule has 128 valence electrons. The third-order valence-electron chi connectivity index (χ3n) is 5.03. The summed E-state index contributed by atoms with van der Waals surface area (Å²) in [4.78, 5) is 15.9. The lowest BCUT2D eigenvalue weighted by molar-refractivity contribution is 0.0172. The van der Waals surface area contributed by atoms with E-state index < -0.39 is 0 Å². The summed E-state index contributed by atoms with van der Waals surface area (Å²) in [5, 5.41) is 10.3. The molecule has 1 aliphatic heterocycles. The van der Waals surface area contributed by atoms with Gasteiger partial charge in [-0.15, -0.1) is 0 Å². The van der Waals surface area contributed by atoms with Gasteiger partial charge < -0.3 is 14.9 Å². The van der Waals surface area contributed by atoms with Crippen LogP contribution >= 0.6 is 0 Å². The fourth-order valence-corrected chi connectivity index (χ4v) is 3.70. The minimum absolute atomic E-state index is 0.142. The van der Waals surface area contributed by atoms with E-state index in [1.165, 1.54) is 12.8 Å². The number of aryl methyl sites for hydroxylation is 1. The molecule has 0 bridgehead atoms. The molecule has 0 amide bonds. The monoisotopic (exact) mass is 319 g/mol. The van der Waals surface area contributed by atoms with E-state index in [1.54, 1.807) is 0 Å². The number of aliphatic hydroxyl groups is 1. The highest BCUT2D eigenvalue weighted by molar-refractivity contribution is 5.45. The number of hydrogen-bond acceptors (Lipinski definition) is 6. The average molecular weight is 319 g/mol. The smallest absolute Gasteiger partial charge is 0.226 e. The molecule has 1 saturated carbocycles. The summed E-state index contributed by atoms with van der Waals surface area (Å²) >= 11 is 0. The number of anilines is 2. The first-order valence-electron chi connectivity index (χ1n) is 8.74. The quantitative estimate of drug-likeness (QED) is 0.906. The fraction of sp³-hybridized carbons (Fsp3) is 0.765. The molecule has 1 aliphatic carbocycles. The molecule has 0 radical (unpaired) electrons. The van der Waals surface area contributed by atoms with Gasteiger partial charge in [-0.1, -0.05) is 12.8 Å². The summed E-state index contributed by atoms with van der Waals surface area (Å²) in [5.41, 5.74) is 1.00. The largest absolute Gasteiger partial charge is 0.391 e. The van der Waals surface area contributed by atoms with Gasteiger partial charge >= 0.3 is 0 Å². The SMILES string of the molecule is Cc1cc(N2CCN(C3CCCCC3O)CC2)nc(N(C)C)n1. The molecular formula is C17H29N5O. The summed E-state index contributed by atoms with van der Waals surface area (Å²) in [5.74, 6) is 1.79. The third kappa shape index (κ3) is 3.75. The predicted octanol–water partition coefficient (Wildman–Crippen LogP) is 1.28. The van der Waals surface area contributed by atoms with E-state index >= 15 is 0 Å². The van der Waals surface area contributed by atoms with Gasteiger partial charge in [0, 0.05) is 58.1 Å². The molecule has 1 saturated heterocycles. The Morgan fingerprint density at radius 3 is 2.43 bits per heavy atom. The van der Waals surface area contributed by atoms with Crippen molar-refractivity contribution in [1.82, 2.24) is 14.9 Å². The molecule has 1 aromatic heterocycles. The first-order chi connectivity index (χ1) is 11.0. The molecule has 2 heterocycles. The zero-order valence-electron chi connectivity index (χ0n) is 14.6. The van der Waals surface area contributed by atoms with Crippen molar-refractivity contribution in [2.45, 2.75) is 44.8 Å². The van der Waals surface area contributed by atoms with Gasteiger partial charge in [0.05, 0.1) is 6.10 Å². The van der Waals surface area contributed by atoms with Crippen LogP contribution in [0.4, 0.5) is 11.8 Å². The van der Waals surface area contributed by atoms with E-state index in [0.717, 1.165) is 56.5 Å². The van der Waals surface area contributed by atoms with Gasteiger partial charge in [-0.3, -0.25) is 4.90 Å². The predicted molar refractivity (Wildman–Crippen MR) is 93.1 cm³/mol. The summed E-state index contributed by atoms with van der Waals surface area (Å²) in [6.07, 6.45) is 4.38. The van der Waals surface area contributed by atoms with E-state index in [9.17, 15) is 5.11 Å². The van der Waals surface area contributed by atoms with Crippen molar-refractivity contribution in [1.29, 1.82) is 0 Å². The molecular weight excluding hydrogens is 290 g/mol. The molecule has 1 N–H and O–H groups in total. The van der Waals surface area contributed by atoms with Crippen LogP contribution in [0.5, 0.6) is 0 Å². The summed E-state index contributed by atoms with van der Waals surface area (Å²) in [6, 6.07) is 2.42. The maximum atomic E-state index is 10.3. The Morgan fingerprint density at radius 2 is 1.78 bits per heavy atom. The molecule has 0 aromatic carbocycles. The topological polar surface area (TPSA) is 55.7 Å². The standard InChI is InChI=1S/C17H29N5O/c1-13-12-16(19-17(18-13)20(2)3)22-10-8-21(9-11-22)14-6-4-5-7-15(14)23/h12,14-15,23H,4-11H2,1-3H3. The number of nitrogens with zero attached hydrogens (tertiary/aromatic N) is 5. The van der Waals surface area contributed by atoms with E-state index in [-0.39, 0.29) is 6.10 Å². The Bertz CT molecular complexity index is 528. The van der Waals surface area contributed by atoms with Crippen LogP contribution in [0.15, 0.2) is 6.07 Å². The van der Waals surface area contributed by atoms with E-state index in [0.29, 0.717) is 6.04 Å². The summed E-state index contributed by atoms with van der Waals surface area (Å²) in [6.45, 7) is 5.95. The lowest BCUT2D eigenvalue weighted by Gasteiger charge is -2.43. The molecule has 2 aliphatic rings. The Kier molecular flexibility index (Phi) is 5.02. The molecule has 0 spiro atoms. The summed E-state index contributed by atoms with van der Waals surface area (Å²) < 4.78 is 0. The number of aromatic nitrogens is 2. The Balaban J connectivity index is 1.65. The Hall–Kier alpha value is -1.40. The van der Waals surface area contributed by atoms with Crippen LogP contribution in [-0.2, 0) is 0 Å². The van der Waals surface area contributed by atoms with Crippen molar-refractivity contribution in [3.05, 3.63) is 11.8 Å². The van der Waals surface area contributed by atoms with Gasteiger partial charge in [-0.05, 0) is 19.8 Å². The fourth-order valence-electron chi connectivity index (χ4n) is 3.70. The van der Waals surface area contributed by atoms with Crippen LogP contribution in [0.3, 0.4) is 0 Å². The zero-order chi connectivity index (χ0) is 16.4. The maximum Gasteiger partial charge on any atom is 0.226 e. The zero-order valence-corrected chi connectivity index (χ0v) is 14.6. The van der Waals surface area contributed by atoms with Gasteiger partial charge in [0.1, 0.15) is 5.82 Å². The van der Waals surface area contributed by atoms with Crippen molar-refractivity contribution < 1.29 is 5.11 Å². The van der Waals surface area contributed by atoms with Crippen LogP contribution in [0.1, 0.15) is 31.4 Å². The molecule has 2 unspecified atom stereocenters. The normalized spacial score (nSPS) is 26.3. The number of aliphatic hydroxyl groups excluding tert-OH is 1. The van der Waals surface area contributed by atoms with Crippen LogP contribution < -0.4 is 9.80 Å². The first-order valence-corrected chi connectivity index (χ1v) is 8.74. The molecule has 1 aromatic rings. The number of rotatable bonds is 3. The Morgan fingerprint density at radius 1 is 1.09 bits per heavy atom. The van der Waals surface area contributed by atoms with Crippen LogP contribution in [-0.4, -0.2) is 72.4 Å². The number of hydrogen-bond donors (Lipinski definition) is 1. The van der Waals surface area contributed by atoms with Crippen molar-refractivity contribution in [3.63, 3.8) is 0 Å². The van der Waals surface area contributed by atoms with Crippen molar-refractivity contribution >= 4 is 11.8 Å². The maximum absolute atomic E-state index is 10.3. The second kappa shape index (κ2) is 7.01. The lowest BCUT2D eigenvalue weighted by atomic mass is 9.91. The lowest BCUT2D eigenvalue weighted by Crippen LogP contribution is -2.54. The van der Waals surface area contributed by atoms with E-state index in [4.69, 9.17) is 0 Å². The first kappa shape index (κ1) is 16.5. The van der Waals surface area contributed by atoms with Crippen LogP contribution in [0.25, 0.3) is 0 Å². The third-order valence-corrected chi connectivity index (χ3v) is 5.03. The van der Waals surface area contributed by atoms with Gasteiger partial charge in [0.25, 0.3) is 0 Å². The second-order valence-electron chi connectivity index (χ2n) is 7.00. The molecule has 2 atom stereocenters. The number of piperazine rings is 1. The summed E-state index contributed by atoms with van der Waals surface area (Å²) in [7, 11) is 3.95. The molecule has 6 heteroatoms. The molecule has 3 rings (SSSR count). The van der Waals surface area contributed by atoms with Gasteiger partial charge in [0.2, 0.25) is 5.95 Å². The van der Waals surface area contributed by atoms with Gasteiger partial charge in [-0.2, -0.15) is 4.98 Å². The van der Waals surface area contributed by atoms with Crippen LogP contribution in [0, 0.1) is 6.92 Å². The molecule has 2 fully saturated rings. The minimum atomic E-state index is -0.142. The highest BCUT2D eigenvalue weighted by atomic mass is 16.3. The highest BCUT2D eigenvalue weighted by Gasteiger charge is 2.31. The Labute approximate surface area is 139 Å². The van der Waals surface area contributed by atoms with E-state index in [1.807, 2.05) is 25.9 Å². The second-order valence-corrected chi connectivity index (χ2v) is 7.00. The van der Waals surface area contributed by atoms with Gasteiger partial charge in [-0.25, -0.2) is 4.98 Å². The molecule has 23 heavy (non-hydrogen) atoms. The highest BCUT2D eigenvalue weighted by Crippen LogP contribution is 2.25.